The van der Waals surface area contributed by atoms with E-state index < -0.39 is 21.7 Å². The molecule has 3 rings (SSSR count). The van der Waals surface area contributed by atoms with Crippen LogP contribution in [0.4, 0.5) is 8.78 Å². The first-order valence-corrected chi connectivity index (χ1v) is 10.7. The van der Waals surface area contributed by atoms with Crippen molar-refractivity contribution in [3.8, 4) is 0 Å². The average molecular weight is 387 g/mol. The SMILES string of the molecule is CCN1CCN(CC2CCN(S(=O)(=O)c3cc(F)cc(F)c3)CC2)CC1. The van der Waals surface area contributed by atoms with E-state index in [1.54, 1.807) is 0 Å². The topological polar surface area (TPSA) is 43.9 Å². The predicted molar refractivity (Wildman–Crippen MR) is 96.4 cm³/mol. The number of likely N-dealkylation sites (N-methyl/N-ethyl adjacent to an activating group) is 1. The highest BCUT2D eigenvalue weighted by molar-refractivity contribution is 7.89. The highest BCUT2D eigenvalue weighted by atomic mass is 32.2. The van der Waals surface area contributed by atoms with Crippen LogP contribution >= 0.6 is 0 Å². The zero-order valence-corrected chi connectivity index (χ0v) is 16.0. The number of piperidine rings is 1. The van der Waals surface area contributed by atoms with Gasteiger partial charge < -0.3 is 9.80 Å². The quantitative estimate of drug-likeness (QED) is 0.775. The molecule has 146 valence electrons. The van der Waals surface area contributed by atoms with Crippen LogP contribution in [0.25, 0.3) is 0 Å². The molecular weight excluding hydrogens is 360 g/mol. The van der Waals surface area contributed by atoms with Crippen LogP contribution < -0.4 is 0 Å². The molecule has 0 atom stereocenters. The molecule has 0 amide bonds. The Morgan fingerprint density at radius 1 is 0.923 bits per heavy atom. The van der Waals surface area contributed by atoms with E-state index in [0.717, 1.165) is 64.2 Å². The largest absolute Gasteiger partial charge is 0.301 e. The predicted octanol–water partition coefficient (Wildman–Crippen LogP) is 2.00. The van der Waals surface area contributed by atoms with Crippen molar-refractivity contribution in [1.82, 2.24) is 14.1 Å². The van der Waals surface area contributed by atoms with Crippen molar-refractivity contribution in [2.75, 3.05) is 52.4 Å². The zero-order valence-electron chi connectivity index (χ0n) is 15.2. The maximum Gasteiger partial charge on any atom is 0.243 e. The van der Waals surface area contributed by atoms with Crippen LogP contribution in [0.2, 0.25) is 0 Å². The number of benzene rings is 1. The number of hydrogen-bond acceptors (Lipinski definition) is 4. The third-order valence-corrected chi connectivity index (χ3v) is 7.35. The Labute approximate surface area is 154 Å². The van der Waals surface area contributed by atoms with E-state index in [2.05, 4.69) is 16.7 Å². The van der Waals surface area contributed by atoms with Gasteiger partial charge in [0.2, 0.25) is 10.0 Å². The minimum absolute atomic E-state index is 0.302. The lowest BCUT2D eigenvalue weighted by Crippen LogP contribution is -2.49. The van der Waals surface area contributed by atoms with Crippen LogP contribution in [0.15, 0.2) is 23.1 Å². The Morgan fingerprint density at radius 3 is 2.00 bits per heavy atom. The van der Waals surface area contributed by atoms with Crippen molar-refractivity contribution >= 4 is 10.0 Å². The second-order valence-corrected chi connectivity index (χ2v) is 9.13. The molecule has 1 aromatic rings. The van der Waals surface area contributed by atoms with E-state index in [1.807, 2.05) is 0 Å². The van der Waals surface area contributed by atoms with Gasteiger partial charge in [-0.1, -0.05) is 6.92 Å². The summed E-state index contributed by atoms with van der Waals surface area (Å²) in [6.07, 6.45) is 1.57. The van der Waals surface area contributed by atoms with Crippen molar-refractivity contribution in [2.45, 2.75) is 24.7 Å². The minimum Gasteiger partial charge on any atom is -0.301 e. The van der Waals surface area contributed by atoms with Crippen molar-refractivity contribution in [3.63, 3.8) is 0 Å². The van der Waals surface area contributed by atoms with Crippen molar-refractivity contribution in [2.24, 2.45) is 5.92 Å². The van der Waals surface area contributed by atoms with Crippen molar-refractivity contribution in [3.05, 3.63) is 29.8 Å². The fourth-order valence-corrected chi connectivity index (χ4v) is 5.32. The fraction of sp³-hybridized carbons (Fsp3) is 0.667. The molecule has 2 aliphatic heterocycles. The average Bonchev–Trinajstić information content (AvgIpc) is 2.62. The van der Waals surface area contributed by atoms with Gasteiger partial charge in [-0.3, -0.25) is 0 Å². The molecule has 0 saturated carbocycles. The first-order chi connectivity index (χ1) is 12.4. The van der Waals surface area contributed by atoms with E-state index in [0.29, 0.717) is 25.1 Å². The highest BCUT2D eigenvalue weighted by Crippen LogP contribution is 2.25. The Hall–Kier alpha value is -1.09. The molecule has 2 aliphatic rings. The number of hydrogen-bond donors (Lipinski definition) is 0. The summed E-state index contributed by atoms with van der Waals surface area (Å²) < 4.78 is 53.4. The molecule has 0 aliphatic carbocycles. The monoisotopic (exact) mass is 387 g/mol. The number of rotatable bonds is 5. The smallest absolute Gasteiger partial charge is 0.243 e. The second kappa shape index (κ2) is 8.29. The summed E-state index contributed by atoms with van der Waals surface area (Å²) in [5, 5.41) is 0. The fourth-order valence-electron chi connectivity index (χ4n) is 3.81. The van der Waals surface area contributed by atoms with Gasteiger partial charge >= 0.3 is 0 Å². The van der Waals surface area contributed by atoms with E-state index in [1.165, 1.54) is 4.31 Å². The summed E-state index contributed by atoms with van der Waals surface area (Å²) in [7, 11) is -3.84. The van der Waals surface area contributed by atoms with Crippen molar-refractivity contribution < 1.29 is 17.2 Å². The molecule has 26 heavy (non-hydrogen) atoms. The molecule has 0 bridgehead atoms. The van der Waals surface area contributed by atoms with E-state index in [9.17, 15) is 17.2 Å². The normalized spacial score (nSPS) is 22.0. The third-order valence-electron chi connectivity index (χ3n) is 5.48. The number of piperazine rings is 1. The molecule has 5 nitrogen and oxygen atoms in total. The Balaban J connectivity index is 1.54. The zero-order chi connectivity index (χ0) is 18.7. The first-order valence-electron chi connectivity index (χ1n) is 9.29. The van der Waals surface area contributed by atoms with Gasteiger partial charge in [0.05, 0.1) is 4.90 Å². The molecule has 2 heterocycles. The first kappa shape index (κ1) is 19.7. The molecule has 0 unspecified atom stereocenters. The molecule has 0 N–H and O–H groups in total. The van der Waals surface area contributed by atoms with Gasteiger partial charge in [-0.05, 0) is 37.4 Å². The Morgan fingerprint density at radius 2 is 1.46 bits per heavy atom. The highest BCUT2D eigenvalue weighted by Gasteiger charge is 2.31. The number of nitrogens with zero attached hydrogens (tertiary/aromatic N) is 3. The van der Waals surface area contributed by atoms with Crippen LogP contribution in [0.3, 0.4) is 0 Å². The lowest BCUT2D eigenvalue weighted by molar-refractivity contribution is 0.109. The van der Waals surface area contributed by atoms with E-state index >= 15 is 0 Å². The molecular formula is C18H27F2N3O2S. The summed E-state index contributed by atoms with van der Waals surface area (Å²) in [4.78, 5) is 4.59. The number of sulfonamides is 1. The Bertz CT molecular complexity index is 693. The molecule has 0 radical (unpaired) electrons. The van der Waals surface area contributed by atoms with Gasteiger partial charge in [0.15, 0.2) is 0 Å². The van der Waals surface area contributed by atoms with Gasteiger partial charge in [0, 0.05) is 51.9 Å². The van der Waals surface area contributed by atoms with Gasteiger partial charge in [0.1, 0.15) is 11.6 Å². The number of halogens is 2. The van der Waals surface area contributed by atoms with E-state index in [-0.39, 0.29) is 4.90 Å². The van der Waals surface area contributed by atoms with Gasteiger partial charge in [-0.25, -0.2) is 17.2 Å². The van der Waals surface area contributed by atoms with Gasteiger partial charge in [-0.2, -0.15) is 4.31 Å². The molecule has 8 heteroatoms. The maximum absolute atomic E-state index is 13.4. The lowest BCUT2D eigenvalue weighted by atomic mass is 9.97. The van der Waals surface area contributed by atoms with Gasteiger partial charge in [0.25, 0.3) is 0 Å². The Kier molecular flexibility index (Phi) is 6.27. The summed E-state index contributed by atoms with van der Waals surface area (Å²) in [6, 6.07) is 2.46. The van der Waals surface area contributed by atoms with Crippen LogP contribution in [-0.2, 0) is 10.0 Å². The van der Waals surface area contributed by atoms with Crippen LogP contribution in [0.5, 0.6) is 0 Å². The summed E-state index contributed by atoms with van der Waals surface area (Å²) >= 11 is 0. The lowest BCUT2D eigenvalue weighted by Gasteiger charge is -2.38. The second-order valence-electron chi connectivity index (χ2n) is 7.19. The van der Waals surface area contributed by atoms with Crippen LogP contribution in [-0.4, -0.2) is 74.9 Å². The maximum atomic E-state index is 13.4. The van der Waals surface area contributed by atoms with Crippen LogP contribution in [0.1, 0.15) is 19.8 Å². The minimum atomic E-state index is -3.84. The standard InChI is InChI=1S/C18H27F2N3O2S/c1-2-21-7-9-22(10-8-21)14-15-3-5-23(6-4-15)26(24,25)18-12-16(19)11-17(20)13-18/h11-13,15H,2-10,14H2,1H3. The molecule has 1 aromatic carbocycles. The molecule has 2 fully saturated rings. The summed E-state index contributed by atoms with van der Waals surface area (Å²) in [5.41, 5.74) is 0. The summed E-state index contributed by atoms with van der Waals surface area (Å²) in [5.74, 6) is -1.27. The third kappa shape index (κ3) is 4.60. The van der Waals surface area contributed by atoms with Crippen molar-refractivity contribution in [1.29, 1.82) is 0 Å². The summed E-state index contributed by atoms with van der Waals surface area (Å²) in [6.45, 7) is 9.38. The van der Waals surface area contributed by atoms with E-state index in [4.69, 9.17) is 0 Å². The van der Waals surface area contributed by atoms with Gasteiger partial charge in [-0.15, -0.1) is 0 Å². The molecule has 0 spiro atoms. The molecule has 0 aromatic heterocycles. The molecule has 2 saturated heterocycles. The van der Waals surface area contributed by atoms with Crippen LogP contribution in [0, 0.1) is 17.6 Å².